The molecule has 0 bridgehead atoms. The van der Waals surface area contributed by atoms with Gasteiger partial charge in [-0.2, -0.15) is 0 Å². The van der Waals surface area contributed by atoms with Gasteiger partial charge >= 0.3 is 6.09 Å². The van der Waals surface area contributed by atoms with Crippen molar-refractivity contribution in [3.05, 3.63) is 47.8 Å². The molecule has 1 aromatic heterocycles. The molecule has 3 rings (SSSR count). The van der Waals surface area contributed by atoms with Crippen molar-refractivity contribution >= 4 is 23.8 Å². The fourth-order valence-corrected chi connectivity index (χ4v) is 3.97. The Balaban J connectivity index is 1.46. The molecule has 0 aliphatic carbocycles. The van der Waals surface area contributed by atoms with E-state index in [1.165, 1.54) is 0 Å². The van der Waals surface area contributed by atoms with Crippen LogP contribution in [-0.2, 0) is 17.5 Å². The number of hydrogen-bond acceptors (Lipinski definition) is 5. The SMILES string of the molecule is CCOC(=O)N1CCC(NC(=O)c2ccc(CSc3nccn3C)cc2)CC1. The van der Waals surface area contributed by atoms with Gasteiger partial charge in [-0.3, -0.25) is 4.79 Å². The molecule has 7 nitrogen and oxygen atoms in total. The third-order valence-corrected chi connectivity index (χ3v) is 5.85. The number of carbonyl (C=O) groups is 2. The second-order valence-electron chi connectivity index (χ2n) is 6.74. The van der Waals surface area contributed by atoms with Gasteiger partial charge in [0.25, 0.3) is 5.91 Å². The maximum Gasteiger partial charge on any atom is 0.409 e. The molecule has 8 heteroatoms. The van der Waals surface area contributed by atoms with Crippen molar-refractivity contribution in [1.82, 2.24) is 19.8 Å². The van der Waals surface area contributed by atoms with Crippen molar-refractivity contribution in [3.8, 4) is 0 Å². The van der Waals surface area contributed by atoms with Crippen LogP contribution in [-0.4, -0.2) is 52.2 Å². The van der Waals surface area contributed by atoms with E-state index in [2.05, 4.69) is 10.3 Å². The van der Waals surface area contributed by atoms with E-state index >= 15 is 0 Å². The first-order chi connectivity index (χ1) is 13.6. The van der Waals surface area contributed by atoms with E-state index in [9.17, 15) is 9.59 Å². The number of aromatic nitrogens is 2. The van der Waals surface area contributed by atoms with Crippen molar-refractivity contribution < 1.29 is 14.3 Å². The zero-order chi connectivity index (χ0) is 19.9. The molecule has 28 heavy (non-hydrogen) atoms. The number of benzene rings is 1. The summed E-state index contributed by atoms with van der Waals surface area (Å²) >= 11 is 1.66. The molecule has 1 saturated heterocycles. The van der Waals surface area contributed by atoms with Crippen LogP contribution in [0, 0.1) is 0 Å². The number of nitrogens with zero attached hydrogens (tertiary/aromatic N) is 3. The molecule has 0 unspecified atom stereocenters. The van der Waals surface area contributed by atoms with Crippen molar-refractivity contribution in [2.24, 2.45) is 7.05 Å². The highest BCUT2D eigenvalue weighted by atomic mass is 32.2. The molecule has 1 N–H and O–H groups in total. The van der Waals surface area contributed by atoms with Gasteiger partial charge in [-0.25, -0.2) is 9.78 Å². The number of piperidine rings is 1. The zero-order valence-corrected chi connectivity index (χ0v) is 17.1. The number of likely N-dealkylation sites (tertiary alicyclic amines) is 1. The van der Waals surface area contributed by atoms with Gasteiger partial charge in [0.05, 0.1) is 6.61 Å². The van der Waals surface area contributed by atoms with Gasteiger partial charge in [0.2, 0.25) is 0 Å². The molecule has 2 amide bonds. The number of rotatable bonds is 6. The molecule has 0 atom stereocenters. The van der Waals surface area contributed by atoms with Crippen LogP contribution >= 0.6 is 11.8 Å². The fraction of sp³-hybridized carbons (Fsp3) is 0.450. The number of amides is 2. The van der Waals surface area contributed by atoms with E-state index in [4.69, 9.17) is 4.74 Å². The lowest BCUT2D eigenvalue weighted by Gasteiger charge is -2.31. The van der Waals surface area contributed by atoms with E-state index in [0.717, 1.165) is 29.3 Å². The fourth-order valence-electron chi connectivity index (χ4n) is 3.08. The van der Waals surface area contributed by atoms with Gasteiger partial charge < -0.3 is 19.5 Å². The topological polar surface area (TPSA) is 76.5 Å². The Kier molecular flexibility index (Phi) is 6.97. The zero-order valence-electron chi connectivity index (χ0n) is 16.3. The molecular formula is C20H26N4O3S. The first kappa shape index (κ1) is 20.3. The van der Waals surface area contributed by atoms with Crippen LogP contribution in [0.15, 0.2) is 41.8 Å². The summed E-state index contributed by atoms with van der Waals surface area (Å²) in [6.45, 7) is 3.39. The maximum atomic E-state index is 12.5. The maximum absolute atomic E-state index is 12.5. The quantitative estimate of drug-likeness (QED) is 0.752. The van der Waals surface area contributed by atoms with Crippen LogP contribution in [0.1, 0.15) is 35.7 Å². The lowest BCUT2D eigenvalue weighted by Crippen LogP contribution is -2.46. The summed E-state index contributed by atoms with van der Waals surface area (Å²) in [6.07, 6.45) is 4.91. The van der Waals surface area contributed by atoms with Crippen molar-refractivity contribution in [1.29, 1.82) is 0 Å². The monoisotopic (exact) mass is 402 g/mol. The Morgan fingerprint density at radius 2 is 1.96 bits per heavy atom. The molecule has 150 valence electrons. The van der Waals surface area contributed by atoms with Crippen LogP contribution in [0.4, 0.5) is 4.79 Å². The van der Waals surface area contributed by atoms with Crippen molar-refractivity contribution in [3.63, 3.8) is 0 Å². The average Bonchev–Trinajstić information content (AvgIpc) is 3.12. The summed E-state index contributed by atoms with van der Waals surface area (Å²) in [4.78, 5) is 30.2. The standard InChI is InChI=1S/C20H26N4O3S/c1-3-27-20(26)24-11-8-17(9-12-24)22-18(25)16-6-4-15(5-7-16)14-28-19-21-10-13-23(19)2/h4-7,10,13,17H,3,8-9,11-12,14H2,1-2H3,(H,22,25). The normalized spacial score (nSPS) is 14.7. The van der Waals surface area contributed by atoms with Crippen molar-refractivity contribution in [2.45, 2.75) is 36.7 Å². The highest BCUT2D eigenvalue weighted by Crippen LogP contribution is 2.21. The van der Waals surface area contributed by atoms with Crippen LogP contribution in [0.5, 0.6) is 0 Å². The molecule has 2 heterocycles. The van der Waals surface area contributed by atoms with Crippen LogP contribution in [0.2, 0.25) is 0 Å². The number of thioether (sulfide) groups is 1. The number of carbonyl (C=O) groups excluding carboxylic acids is 2. The van der Waals surface area contributed by atoms with Gasteiger partial charge in [0.1, 0.15) is 0 Å². The largest absolute Gasteiger partial charge is 0.450 e. The molecular weight excluding hydrogens is 376 g/mol. The molecule has 1 aromatic carbocycles. The highest BCUT2D eigenvalue weighted by Gasteiger charge is 2.24. The average molecular weight is 403 g/mol. The van der Waals surface area contributed by atoms with Gasteiger partial charge in [-0.1, -0.05) is 23.9 Å². The van der Waals surface area contributed by atoms with E-state index in [1.807, 2.05) is 42.1 Å². The molecule has 2 aromatic rings. The minimum absolute atomic E-state index is 0.0714. The molecule has 0 radical (unpaired) electrons. The lowest BCUT2D eigenvalue weighted by molar-refractivity contribution is 0.0860. The predicted molar refractivity (Wildman–Crippen MR) is 108 cm³/mol. The first-order valence-corrected chi connectivity index (χ1v) is 10.5. The van der Waals surface area contributed by atoms with Crippen LogP contribution in [0.25, 0.3) is 0 Å². The Morgan fingerprint density at radius 1 is 1.25 bits per heavy atom. The number of hydrogen-bond donors (Lipinski definition) is 1. The Bertz CT molecular complexity index is 798. The van der Waals surface area contributed by atoms with Gasteiger partial charge in [0, 0.05) is 49.9 Å². The Morgan fingerprint density at radius 3 is 2.57 bits per heavy atom. The summed E-state index contributed by atoms with van der Waals surface area (Å²) in [5.41, 5.74) is 1.80. The molecule has 0 spiro atoms. The molecule has 1 fully saturated rings. The molecule has 1 aliphatic rings. The Hall–Kier alpha value is -2.48. The van der Waals surface area contributed by atoms with Crippen LogP contribution in [0.3, 0.4) is 0 Å². The second kappa shape index (κ2) is 9.64. The minimum Gasteiger partial charge on any atom is -0.450 e. The van der Waals surface area contributed by atoms with E-state index in [-0.39, 0.29) is 18.0 Å². The number of imidazole rings is 1. The summed E-state index contributed by atoms with van der Waals surface area (Å²) < 4.78 is 7.01. The summed E-state index contributed by atoms with van der Waals surface area (Å²) in [7, 11) is 1.97. The van der Waals surface area contributed by atoms with Gasteiger partial charge in [0.15, 0.2) is 5.16 Å². The molecule has 1 aliphatic heterocycles. The third kappa shape index (κ3) is 5.28. The van der Waals surface area contributed by atoms with Crippen LogP contribution < -0.4 is 5.32 Å². The van der Waals surface area contributed by atoms with E-state index in [1.54, 1.807) is 29.8 Å². The number of ether oxygens (including phenoxy) is 1. The lowest BCUT2D eigenvalue weighted by atomic mass is 10.0. The van der Waals surface area contributed by atoms with Crippen molar-refractivity contribution in [2.75, 3.05) is 19.7 Å². The van der Waals surface area contributed by atoms with Gasteiger partial charge in [-0.05, 0) is 37.5 Å². The van der Waals surface area contributed by atoms with E-state index in [0.29, 0.717) is 25.3 Å². The van der Waals surface area contributed by atoms with Gasteiger partial charge in [-0.15, -0.1) is 0 Å². The minimum atomic E-state index is -0.272. The number of aryl methyl sites for hydroxylation is 1. The summed E-state index contributed by atoms with van der Waals surface area (Å²) in [6, 6.07) is 7.76. The predicted octanol–water partition coefficient (Wildman–Crippen LogP) is 3.06. The van der Waals surface area contributed by atoms with E-state index < -0.39 is 0 Å². The summed E-state index contributed by atoms with van der Waals surface area (Å²) in [5.74, 6) is 0.733. The highest BCUT2D eigenvalue weighted by molar-refractivity contribution is 7.98. The smallest absolute Gasteiger partial charge is 0.409 e. The Labute approximate surface area is 169 Å². The number of nitrogens with one attached hydrogen (secondary N) is 1. The first-order valence-electron chi connectivity index (χ1n) is 9.48. The molecule has 0 saturated carbocycles. The third-order valence-electron chi connectivity index (χ3n) is 4.72. The second-order valence-corrected chi connectivity index (χ2v) is 7.68. The summed E-state index contributed by atoms with van der Waals surface area (Å²) in [5, 5.41) is 4.04.